The van der Waals surface area contributed by atoms with E-state index in [1.807, 2.05) is 56.4 Å². The molecule has 176 valence electrons. The summed E-state index contributed by atoms with van der Waals surface area (Å²) in [5.41, 5.74) is 16.7. The minimum absolute atomic E-state index is 0.00882. The Hall–Kier alpha value is -4.96. The number of hydrogen-bond donors (Lipinski definition) is 4. The van der Waals surface area contributed by atoms with Crippen LogP contribution in [0.1, 0.15) is 39.4 Å². The molecule has 1 unspecified atom stereocenters. The zero-order valence-corrected chi connectivity index (χ0v) is 19.5. The number of fused-ring (bicyclic) bond motifs is 1. The van der Waals surface area contributed by atoms with Crippen molar-refractivity contribution in [2.45, 2.75) is 26.5 Å². The van der Waals surface area contributed by atoms with E-state index in [1.54, 1.807) is 7.11 Å². The van der Waals surface area contributed by atoms with E-state index in [2.05, 4.69) is 26.7 Å². The number of guanidine groups is 1. The van der Waals surface area contributed by atoms with Gasteiger partial charge in [0.05, 0.1) is 12.8 Å². The molecule has 10 nitrogen and oxygen atoms in total. The average molecular weight is 469 g/mol. The summed E-state index contributed by atoms with van der Waals surface area (Å²) in [6, 6.07) is 12.9. The van der Waals surface area contributed by atoms with Crippen molar-refractivity contribution in [1.82, 2.24) is 10.3 Å². The third kappa shape index (κ3) is 4.59. The zero-order valence-electron chi connectivity index (χ0n) is 19.5. The topological polar surface area (TPSA) is 167 Å². The molecular weight excluding hydrogens is 444 g/mol. The number of rotatable bonds is 5. The van der Waals surface area contributed by atoms with Gasteiger partial charge in [0, 0.05) is 11.1 Å². The van der Waals surface area contributed by atoms with Crippen LogP contribution in [-0.2, 0) is 6.61 Å². The summed E-state index contributed by atoms with van der Waals surface area (Å²) in [5.74, 6) is 1.90. The maximum atomic E-state index is 9.53. The van der Waals surface area contributed by atoms with Crippen molar-refractivity contribution in [3.05, 3.63) is 69.8 Å². The fourth-order valence-electron chi connectivity index (χ4n) is 4.08. The van der Waals surface area contributed by atoms with E-state index in [4.69, 9.17) is 26.2 Å². The van der Waals surface area contributed by atoms with Crippen LogP contribution in [0.4, 0.5) is 17.3 Å². The number of anilines is 3. The number of nitrogens with zero attached hydrogens (tertiary/aromatic N) is 4. The second-order valence-electron chi connectivity index (χ2n) is 8.09. The highest BCUT2D eigenvalue weighted by Crippen LogP contribution is 2.41. The van der Waals surface area contributed by atoms with Crippen LogP contribution in [0.25, 0.3) is 0 Å². The molecule has 0 saturated carbocycles. The molecule has 0 bridgehead atoms. The van der Waals surface area contributed by atoms with Crippen molar-refractivity contribution in [2.24, 2.45) is 4.99 Å². The van der Waals surface area contributed by atoms with Gasteiger partial charge < -0.3 is 26.3 Å². The van der Waals surface area contributed by atoms with Gasteiger partial charge in [0.2, 0.25) is 5.96 Å². The highest BCUT2D eigenvalue weighted by atomic mass is 16.5. The van der Waals surface area contributed by atoms with Crippen LogP contribution in [0.3, 0.4) is 0 Å². The Morgan fingerprint density at radius 2 is 1.86 bits per heavy atom. The lowest BCUT2D eigenvalue weighted by molar-refractivity contribution is 0.296. The number of aromatic nitrogens is 1. The number of pyridine rings is 1. The Labute approximate surface area is 202 Å². The summed E-state index contributed by atoms with van der Waals surface area (Å²) in [6.45, 7) is 4.28. The minimum Gasteiger partial charge on any atom is -0.496 e. The van der Waals surface area contributed by atoms with E-state index < -0.39 is 6.04 Å². The van der Waals surface area contributed by atoms with Crippen molar-refractivity contribution >= 4 is 23.3 Å². The fourth-order valence-corrected chi connectivity index (χ4v) is 4.08. The van der Waals surface area contributed by atoms with Crippen LogP contribution in [0.15, 0.2) is 41.4 Å². The summed E-state index contributed by atoms with van der Waals surface area (Å²) >= 11 is 0. The number of benzene rings is 2. The molecule has 0 amide bonds. The summed E-state index contributed by atoms with van der Waals surface area (Å²) in [4.78, 5) is 8.89. The van der Waals surface area contributed by atoms with Crippen LogP contribution in [0, 0.1) is 36.6 Å². The van der Waals surface area contributed by atoms with Gasteiger partial charge >= 0.3 is 0 Å². The van der Waals surface area contributed by atoms with Crippen molar-refractivity contribution in [2.75, 3.05) is 23.9 Å². The largest absolute Gasteiger partial charge is 0.496 e. The number of nitrogens with one attached hydrogen (secondary N) is 2. The predicted molar refractivity (Wildman–Crippen MR) is 133 cm³/mol. The predicted octanol–water partition coefficient (Wildman–Crippen LogP) is 3.26. The molecule has 0 saturated heterocycles. The van der Waals surface area contributed by atoms with Gasteiger partial charge in [0.15, 0.2) is 6.19 Å². The summed E-state index contributed by atoms with van der Waals surface area (Å²) < 4.78 is 11.6. The number of nitrogen functional groups attached to an aromatic ring is 2. The Morgan fingerprint density at radius 3 is 2.51 bits per heavy atom. The zero-order chi connectivity index (χ0) is 25.1. The summed E-state index contributed by atoms with van der Waals surface area (Å²) in [7, 11) is 1.59. The van der Waals surface area contributed by atoms with Crippen LogP contribution in [0.2, 0.25) is 0 Å². The maximum Gasteiger partial charge on any atom is 0.211 e. The van der Waals surface area contributed by atoms with Gasteiger partial charge in [-0.2, -0.15) is 10.5 Å². The SMILES string of the molecule is COc1ccc(C2N=C(NC#N)Nc3nc(N)c(C#N)c(N)c32)cc1COc1cc(C)cc(C)c1. The van der Waals surface area contributed by atoms with Crippen LogP contribution >= 0.6 is 0 Å². The summed E-state index contributed by atoms with van der Waals surface area (Å²) in [6.07, 6.45) is 1.84. The number of nitriles is 2. The van der Waals surface area contributed by atoms with E-state index >= 15 is 0 Å². The van der Waals surface area contributed by atoms with Crippen LogP contribution in [0.5, 0.6) is 11.5 Å². The molecule has 35 heavy (non-hydrogen) atoms. The second kappa shape index (κ2) is 9.49. The van der Waals surface area contributed by atoms with Crippen molar-refractivity contribution in [3.8, 4) is 23.8 Å². The van der Waals surface area contributed by atoms with Gasteiger partial charge in [-0.25, -0.2) is 9.98 Å². The van der Waals surface area contributed by atoms with Crippen LogP contribution in [-0.4, -0.2) is 18.1 Å². The Morgan fingerprint density at radius 1 is 1.11 bits per heavy atom. The molecule has 4 rings (SSSR count). The third-order valence-electron chi connectivity index (χ3n) is 5.57. The first-order valence-electron chi connectivity index (χ1n) is 10.7. The molecule has 0 radical (unpaired) electrons. The van der Waals surface area contributed by atoms with Crippen molar-refractivity contribution in [3.63, 3.8) is 0 Å². The van der Waals surface area contributed by atoms with E-state index in [0.717, 1.165) is 28.0 Å². The fraction of sp³-hybridized carbons (Fsp3) is 0.200. The molecule has 1 aliphatic rings. The average Bonchev–Trinajstić information content (AvgIpc) is 2.82. The lowest BCUT2D eigenvalue weighted by Crippen LogP contribution is -2.32. The van der Waals surface area contributed by atoms with E-state index in [-0.39, 0.29) is 29.6 Å². The molecule has 0 aliphatic carbocycles. The molecule has 0 spiro atoms. The first kappa shape index (κ1) is 23.2. The number of aliphatic imine (C=N–C) groups is 1. The normalized spacial score (nSPS) is 14.0. The van der Waals surface area contributed by atoms with Crippen molar-refractivity contribution in [1.29, 1.82) is 10.5 Å². The molecular formula is C25H24N8O2. The van der Waals surface area contributed by atoms with Gasteiger partial charge in [-0.15, -0.1) is 0 Å². The quantitative estimate of drug-likeness (QED) is 0.324. The van der Waals surface area contributed by atoms with Gasteiger partial charge in [-0.3, -0.25) is 5.32 Å². The first-order chi connectivity index (χ1) is 16.8. The third-order valence-corrected chi connectivity index (χ3v) is 5.57. The number of hydrogen-bond acceptors (Lipinski definition) is 10. The van der Waals surface area contributed by atoms with Gasteiger partial charge in [0.1, 0.15) is 47.4 Å². The molecule has 1 atom stereocenters. The van der Waals surface area contributed by atoms with Gasteiger partial charge in [-0.05, 0) is 54.8 Å². The van der Waals surface area contributed by atoms with E-state index in [9.17, 15) is 5.26 Å². The highest BCUT2D eigenvalue weighted by Gasteiger charge is 2.30. The standard InChI is InChI=1S/C25H24N8O2/c1-13-6-14(2)8-17(7-13)35-11-16-9-15(4-5-19(16)34-3)22-20-21(28)18(10-26)23(29)32-24(20)33-25(31-22)30-12-27/h4-9,22H,11H2,1-3H3,(H6,28,29,30,31,32,33). The Kier molecular flexibility index (Phi) is 6.30. The number of nitrogens with two attached hydrogens (primary N) is 2. The summed E-state index contributed by atoms with van der Waals surface area (Å²) in [5, 5.41) is 24.1. The van der Waals surface area contributed by atoms with E-state index in [1.165, 1.54) is 0 Å². The lowest BCUT2D eigenvalue weighted by Gasteiger charge is -2.26. The highest BCUT2D eigenvalue weighted by molar-refractivity contribution is 5.98. The number of methoxy groups -OCH3 is 1. The minimum atomic E-state index is -0.659. The first-order valence-corrected chi connectivity index (χ1v) is 10.7. The number of ether oxygens (including phenoxy) is 2. The van der Waals surface area contributed by atoms with Gasteiger partial charge in [-0.1, -0.05) is 12.1 Å². The molecule has 2 heterocycles. The maximum absolute atomic E-state index is 9.53. The van der Waals surface area contributed by atoms with E-state index in [0.29, 0.717) is 17.1 Å². The second-order valence-corrected chi connectivity index (χ2v) is 8.09. The van der Waals surface area contributed by atoms with Gasteiger partial charge in [0.25, 0.3) is 0 Å². The monoisotopic (exact) mass is 468 g/mol. The van der Waals surface area contributed by atoms with Crippen molar-refractivity contribution < 1.29 is 9.47 Å². The molecule has 1 aliphatic heterocycles. The molecule has 0 fully saturated rings. The molecule has 1 aromatic heterocycles. The molecule has 6 N–H and O–H groups in total. The number of aryl methyl sites for hydroxylation is 2. The molecule has 3 aromatic rings. The molecule has 2 aromatic carbocycles. The Bertz CT molecular complexity index is 1400. The molecule has 10 heteroatoms. The smallest absolute Gasteiger partial charge is 0.211 e. The lowest BCUT2D eigenvalue weighted by atomic mass is 9.94. The van der Waals surface area contributed by atoms with Crippen LogP contribution < -0.4 is 31.6 Å². The Balaban J connectivity index is 1.77.